The van der Waals surface area contributed by atoms with Crippen LogP contribution in [0.1, 0.15) is 0 Å². The molecule has 0 heterocycles. The second-order valence-corrected chi connectivity index (χ2v) is 3.18. The third kappa shape index (κ3) is 7.87. The van der Waals surface area contributed by atoms with Crippen LogP contribution in [0.25, 0.3) is 0 Å². The van der Waals surface area contributed by atoms with Gasteiger partial charge in [0.2, 0.25) is 5.91 Å². The van der Waals surface area contributed by atoms with E-state index < -0.39 is 43.0 Å². The monoisotopic (exact) mass is 262 g/mol. The Kier molecular flexibility index (Phi) is 6.81. The minimum absolute atomic E-state index is 0.294. The number of carboxylic acid groups (broad SMARTS) is 2. The summed E-state index contributed by atoms with van der Waals surface area (Å²) in [6.07, 6.45) is 0. The molecule has 0 saturated heterocycles. The van der Waals surface area contributed by atoms with Gasteiger partial charge < -0.3 is 31.9 Å². The zero-order valence-electron chi connectivity index (χ0n) is 9.30. The predicted molar refractivity (Wildman–Crippen MR) is 57.7 cm³/mol. The highest BCUT2D eigenvalue weighted by molar-refractivity contribution is 5.86. The molecule has 0 saturated carbocycles. The first kappa shape index (κ1) is 15.6. The Hall–Kier alpha value is -2.36. The van der Waals surface area contributed by atoms with Crippen molar-refractivity contribution in [1.29, 1.82) is 0 Å². The fraction of sp³-hybridized carbons (Fsp3) is 0.500. The second kappa shape index (κ2) is 7.84. The van der Waals surface area contributed by atoms with Crippen LogP contribution in [0.3, 0.4) is 0 Å². The molecule has 0 spiro atoms. The maximum Gasteiger partial charge on any atom is 0.322 e. The molecule has 0 bridgehead atoms. The van der Waals surface area contributed by atoms with Crippen molar-refractivity contribution in [3.05, 3.63) is 0 Å². The van der Waals surface area contributed by atoms with Gasteiger partial charge in [-0.15, -0.1) is 0 Å². The highest BCUT2D eigenvalue weighted by Crippen LogP contribution is 1.76. The zero-order chi connectivity index (χ0) is 14.1. The SMILES string of the molecule is NC(CNC(=O)NCC(=O)NCC(=O)O)C(=O)O. The molecule has 0 aromatic heterocycles. The van der Waals surface area contributed by atoms with Gasteiger partial charge in [-0.2, -0.15) is 0 Å². The van der Waals surface area contributed by atoms with E-state index in [0.29, 0.717) is 0 Å². The molecule has 1 atom stereocenters. The maximum atomic E-state index is 11.0. The van der Waals surface area contributed by atoms with Gasteiger partial charge in [-0.1, -0.05) is 0 Å². The Morgan fingerprint density at radius 3 is 2.11 bits per heavy atom. The van der Waals surface area contributed by atoms with E-state index in [2.05, 4.69) is 10.6 Å². The molecule has 0 radical (unpaired) electrons. The first-order valence-electron chi connectivity index (χ1n) is 4.81. The third-order valence-corrected chi connectivity index (χ3v) is 1.65. The molecule has 7 N–H and O–H groups in total. The minimum Gasteiger partial charge on any atom is -0.480 e. The minimum atomic E-state index is -1.27. The van der Waals surface area contributed by atoms with Crippen molar-refractivity contribution in [3.8, 4) is 0 Å². The second-order valence-electron chi connectivity index (χ2n) is 3.18. The summed E-state index contributed by atoms with van der Waals surface area (Å²) in [4.78, 5) is 42.4. The Morgan fingerprint density at radius 1 is 1.00 bits per heavy atom. The van der Waals surface area contributed by atoms with E-state index in [9.17, 15) is 19.2 Å². The lowest BCUT2D eigenvalue weighted by atomic mass is 10.3. The van der Waals surface area contributed by atoms with Gasteiger partial charge in [0.15, 0.2) is 0 Å². The number of rotatable bonds is 7. The standard InChI is InChI=1S/C8H14N4O6/c9-4(7(16)17)1-11-8(18)12-2-5(13)10-3-6(14)15/h4H,1-3,9H2,(H,10,13)(H,14,15)(H,16,17)(H2,11,12,18). The molecule has 0 aliphatic heterocycles. The van der Waals surface area contributed by atoms with Crippen LogP contribution < -0.4 is 21.7 Å². The smallest absolute Gasteiger partial charge is 0.322 e. The summed E-state index contributed by atoms with van der Waals surface area (Å²) >= 11 is 0. The Balaban J connectivity index is 3.73. The van der Waals surface area contributed by atoms with Crippen LogP contribution in [-0.4, -0.2) is 59.8 Å². The van der Waals surface area contributed by atoms with Gasteiger partial charge >= 0.3 is 18.0 Å². The van der Waals surface area contributed by atoms with Gasteiger partial charge in [0, 0.05) is 6.54 Å². The average Bonchev–Trinajstić information content (AvgIpc) is 2.30. The lowest BCUT2D eigenvalue weighted by Gasteiger charge is -2.09. The van der Waals surface area contributed by atoms with Crippen molar-refractivity contribution in [2.45, 2.75) is 6.04 Å². The topological polar surface area (TPSA) is 171 Å². The van der Waals surface area contributed by atoms with Crippen LogP contribution in [0, 0.1) is 0 Å². The van der Waals surface area contributed by atoms with Gasteiger partial charge in [-0.3, -0.25) is 14.4 Å². The Bertz CT molecular complexity index is 344. The molecule has 0 aliphatic rings. The van der Waals surface area contributed by atoms with Crippen molar-refractivity contribution in [3.63, 3.8) is 0 Å². The number of hydrogen-bond donors (Lipinski definition) is 6. The van der Waals surface area contributed by atoms with E-state index >= 15 is 0 Å². The number of carboxylic acids is 2. The molecule has 1 unspecified atom stereocenters. The number of nitrogens with two attached hydrogens (primary N) is 1. The predicted octanol–water partition coefficient (Wildman–Crippen LogP) is -3.10. The third-order valence-electron chi connectivity index (χ3n) is 1.65. The number of carbonyl (C=O) groups excluding carboxylic acids is 2. The largest absolute Gasteiger partial charge is 0.480 e. The van der Waals surface area contributed by atoms with E-state index in [-0.39, 0.29) is 6.54 Å². The normalized spacial score (nSPS) is 11.2. The number of hydrogen-bond acceptors (Lipinski definition) is 5. The molecule has 0 rings (SSSR count). The number of urea groups is 1. The van der Waals surface area contributed by atoms with Crippen molar-refractivity contribution in [2.24, 2.45) is 5.73 Å². The van der Waals surface area contributed by atoms with Gasteiger partial charge in [0.05, 0.1) is 6.54 Å². The van der Waals surface area contributed by atoms with Gasteiger partial charge in [-0.25, -0.2) is 4.79 Å². The molecule has 0 aromatic rings. The molecular weight excluding hydrogens is 248 g/mol. The lowest BCUT2D eigenvalue weighted by Crippen LogP contribution is -2.48. The van der Waals surface area contributed by atoms with Crippen LogP contribution >= 0.6 is 0 Å². The van der Waals surface area contributed by atoms with Crippen molar-refractivity contribution >= 4 is 23.9 Å². The average molecular weight is 262 g/mol. The summed E-state index contributed by atoms with van der Waals surface area (Å²) in [5.41, 5.74) is 5.12. The molecule has 102 valence electrons. The molecule has 0 fully saturated rings. The summed E-state index contributed by atoms with van der Waals surface area (Å²) in [7, 11) is 0. The Morgan fingerprint density at radius 2 is 1.61 bits per heavy atom. The van der Waals surface area contributed by atoms with E-state index in [1.54, 1.807) is 0 Å². The zero-order valence-corrected chi connectivity index (χ0v) is 9.30. The van der Waals surface area contributed by atoms with Crippen LogP contribution in [-0.2, 0) is 14.4 Å². The van der Waals surface area contributed by atoms with E-state index in [0.717, 1.165) is 0 Å². The van der Waals surface area contributed by atoms with Crippen LogP contribution in [0.5, 0.6) is 0 Å². The summed E-state index contributed by atoms with van der Waals surface area (Å²) < 4.78 is 0. The van der Waals surface area contributed by atoms with Crippen molar-refractivity contribution < 1.29 is 29.4 Å². The van der Waals surface area contributed by atoms with Crippen LogP contribution in [0.4, 0.5) is 4.79 Å². The molecule has 0 aromatic carbocycles. The van der Waals surface area contributed by atoms with Crippen LogP contribution in [0.2, 0.25) is 0 Å². The van der Waals surface area contributed by atoms with Gasteiger partial charge in [-0.05, 0) is 0 Å². The van der Waals surface area contributed by atoms with E-state index in [1.165, 1.54) is 0 Å². The summed E-state index contributed by atoms with van der Waals surface area (Å²) in [5.74, 6) is -3.16. The molecular formula is C8H14N4O6. The fourth-order valence-electron chi connectivity index (χ4n) is 0.750. The molecule has 10 heteroatoms. The molecule has 10 nitrogen and oxygen atoms in total. The number of carbonyl (C=O) groups is 4. The van der Waals surface area contributed by atoms with Crippen molar-refractivity contribution in [2.75, 3.05) is 19.6 Å². The van der Waals surface area contributed by atoms with Gasteiger partial charge in [0.1, 0.15) is 12.6 Å². The molecule has 3 amide bonds. The summed E-state index contributed by atoms with van der Waals surface area (Å²) in [6.45, 7) is -1.27. The van der Waals surface area contributed by atoms with E-state index in [4.69, 9.17) is 15.9 Å². The number of amides is 3. The van der Waals surface area contributed by atoms with Crippen molar-refractivity contribution in [1.82, 2.24) is 16.0 Å². The number of nitrogens with one attached hydrogen (secondary N) is 3. The lowest BCUT2D eigenvalue weighted by molar-refractivity contribution is -0.138. The first-order chi connectivity index (χ1) is 8.32. The van der Waals surface area contributed by atoms with Gasteiger partial charge in [0.25, 0.3) is 0 Å². The van der Waals surface area contributed by atoms with Crippen LogP contribution in [0.15, 0.2) is 0 Å². The molecule has 0 aliphatic carbocycles. The highest BCUT2D eigenvalue weighted by atomic mass is 16.4. The quantitative estimate of drug-likeness (QED) is 0.282. The summed E-state index contributed by atoms with van der Waals surface area (Å²) in [5, 5.41) is 22.9. The fourth-order valence-corrected chi connectivity index (χ4v) is 0.750. The summed E-state index contributed by atoms with van der Waals surface area (Å²) in [6, 6.07) is -2.02. The number of aliphatic carboxylic acids is 2. The highest BCUT2D eigenvalue weighted by Gasteiger charge is 2.12. The first-order valence-corrected chi connectivity index (χ1v) is 4.81. The Labute approximate surface area is 102 Å². The molecule has 18 heavy (non-hydrogen) atoms. The maximum absolute atomic E-state index is 11.0. The van der Waals surface area contributed by atoms with E-state index in [1.807, 2.05) is 5.32 Å².